The Labute approximate surface area is 118 Å². The second kappa shape index (κ2) is 5.82. The predicted octanol–water partition coefficient (Wildman–Crippen LogP) is 2.70. The molecule has 106 valence electrons. The summed E-state index contributed by atoms with van der Waals surface area (Å²) in [6.07, 6.45) is -0.499. The summed E-state index contributed by atoms with van der Waals surface area (Å²) in [5.41, 5.74) is 0. The maximum atomic E-state index is 11.8. The van der Waals surface area contributed by atoms with E-state index in [4.69, 9.17) is 9.47 Å². The van der Waals surface area contributed by atoms with Crippen molar-refractivity contribution in [3.05, 3.63) is 36.4 Å². The summed E-state index contributed by atoms with van der Waals surface area (Å²) in [5, 5.41) is 2.12. The molecule has 0 saturated carbocycles. The van der Waals surface area contributed by atoms with Crippen LogP contribution >= 0.6 is 0 Å². The van der Waals surface area contributed by atoms with Crippen molar-refractivity contribution in [3.8, 4) is 11.5 Å². The van der Waals surface area contributed by atoms with Crippen molar-refractivity contribution in [3.63, 3.8) is 0 Å². The van der Waals surface area contributed by atoms with Crippen molar-refractivity contribution >= 4 is 16.7 Å². The molecule has 2 rings (SSSR count). The Morgan fingerprint density at radius 1 is 1.05 bits per heavy atom. The number of hydrogen-bond acceptors (Lipinski definition) is 3. The Bertz CT molecular complexity index is 622. The smallest absolute Gasteiger partial charge is 0.262 e. The molecule has 0 aliphatic rings. The molecule has 0 unspecified atom stereocenters. The standard InChI is InChI=1S/C16H19NO3/c1-11(16(18)17(2)3)20-15-8-6-12-9-14(19-4)7-5-13(12)10-15/h5-11H,1-4H3/t11-/m0/s1. The number of ether oxygens (including phenoxy) is 2. The molecule has 1 atom stereocenters. The van der Waals surface area contributed by atoms with E-state index in [1.807, 2.05) is 36.4 Å². The fourth-order valence-electron chi connectivity index (χ4n) is 2.02. The van der Waals surface area contributed by atoms with Gasteiger partial charge in [-0.1, -0.05) is 12.1 Å². The van der Waals surface area contributed by atoms with Gasteiger partial charge in [-0.25, -0.2) is 0 Å². The first kappa shape index (κ1) is 14.2. The third-order valence-corrected chi connectivity index (χ3v) is 3.12. The van der Waals surface area contributed by atoms with E-state index >= 15 is 0 Å². The van der Waals surface area contributed by atoms with E-state index < -0.39 is 6.10 Å². The molecule has 0 spiro atoms. The van der Waals surface area contributed by atoms with Gasteiger partial charge in [-0.15, -0.1) is 0 Å². The van der Waals surface area contributed by atoms with Crippen LogP contribution in [0.25, 0.3) is 10.8 Å². The lowest BCUT2D eigenvalue weighted by Gasteiger charge is -2.18. The summed E-state index contributed by atoms with van der Waals surface area (Å²) >= 11 is 0. The Balaban J connectivity index is 2.22. The number of amides is 1. The minimum Gasteiger partial charge on any atom is -0.497 e. The summed E-state index contributed by atoms with van der Waals surface area (Å²) < 4.78 is 10.9. The first-order valence-electron chi connectivity index (χ1n) is 6.47. The largest absolute Gasteiger partial charge is 0.497 e. The van der Waals surface area contributed by atoms with Gasteiger partial charge in [0.15, 0.2) is 6.10 Å². The first-order chi connectivity index (χ1) is 9.51. The van der Waals surface area contributed by atoms with Gasteiger partial charge < -0.3 is 14.4 Å². The van der Waals surface area contributed by atoms with Gasteiger partial charge in [0, 0.05) is 14.1 Å². The topological polar surface area (TPSA) is 38.8 Å². The minimum atomic E-state index is -0.499. The molecule has 2 aromatic rings. The summed E-state index contributed by atoms with van der Waals surface area (Å²) in [6, 6.07) is 11.6. The molecule has 0 saturated heterocycles. The van der Waals surface area contributed by atoms with Crippen molar-refractivity contribution < 1.29 is 14.3 Å². The van der Waals surface area contributed by atoms with Crippen molar-refractivity contribution in [1.82, 2.24) is 4.90 Å². The molecule has 0 aliphatic heterocycles. The van der Waals surface area contributed by atoms with Crippen LogP contribution in [0.2, 0.25) is 0 Å². The highest BCUT2D eigenvalue weighted by molar-refractivity contribution is 5.85. The molecule has 20 heavy (non-hydrogen) atoms. The zero-order chi connectivity index (χ0) is 14.7. The number of likely N-dealkylation sites (N-methyl/N-ethyl adjacent to an activating group) is 1. The van der Waals surface area contributed by atoms with E-state index in [0.29, 0.717) is 5.75 Å². The molecule has 1 amide bonds. The fraction of sp³-hybridized carbons (Fsp3) is 0.312. The average molecular weight is 273 g/mol. The van der Waals surface area contributed by atoms with Crippen LogP contribution in [-0.4, -0.2) is 38.1 Å². The van der Waals surface area contributed by atoms with Crippen LogP contribution in [-0.2, 0) is 4.79 Å². The minimum absolute atomic E-state index is 0.0557. The Morgan fingerprint density at radius 3 is 2.15 bits per heavy atom. The van der Waals surface area contributed by atoms with Gasteiger partial charge in [-0.3, -0.25) is 4.79 Å². The molecular weight excluding hydrogens is 254 g/mol. The summed E-state index contributed by atoms with van der Waals surface area (Å²) in [4.78, 5) is 13.3. The third-order valence-electron chi connectivity index (χ3n) is 3.12. The second-order valence-electron chi connectivity index (χ2n) is 4.87. The molecule has 0 aliphatic carbocycles. The maximum Gasteiger partial charge on any atom is 0.262 e. The molecule has 0 radical (unpaired) electrons. The molecule has 0 aromatic heterocycles. The Kier molecular flexibility index (Phi) is 4.13. The zero-order valence-electron chi connectivity index (χ0n) is 12.2. The van der Waals surface area contributed by atoms with Crippen LogP contribution in [0.5, 0.6) is 11.5 Å². The van der Waals surface area contributed by atoms with Gasteiger partial charge in [0.1, 0.15) is 11.5 Å². The number of hydrogen-bond donors (Lipinski definition) is 0. The predicted molar refractivity (Wildman–Crippen MR) is 79.3 cm³/mol. The molecule has 4 heteroatoms. The van der Waals surface area contributed by atoms with Gasteiger partial charge in [0.2, 0.25) is 0 Å². The lowest BCUT2D eigenvalue weighted by Crippen LogP contribution is -2.35. The highest BCUT2D eigenvalue weighted by Crippen LogP contribution is 2.25. The lowest BCUT2D eigenvalue weighted by molar-refractivity contribution is -0.135. The first-order valence-corrected chi connectivity index (χ1v) is 6.47. The number of fused-ring (bicyclic) bond motifs is 1. The van der Waals surface area contributed by atoms with Crippen LogP contribution in [0.3, 0.4) is 0 Å². The number of nitrogens with zero attached hydrogens (tertiary/aromatic N) is 1. The summed E-state index contributed by atoms with van der Waals surface area (Å²) in [6.45, 7) is 1.75. The van der Waals surface area contributed by atoms with E-state index in [0.717, 1.165) is 16.5 Å². The van der Waals surface area contributed by atoms with Gasteiger partial charge in [-0.2, -0.15) is 0 Å². The number of carbonyl (C=O) groups excluding carboxylic acids is 1. The molecule has 0 N–H and O–H groups in total. The molecule has 2 aromatic carbocycles. The van der Waals surface area contributed by atoms with E-state index in [1.165, 1.54) is 4.90 Å². The Hall–Kier alpha value is -2.23. The molecule has 0 heterocycles. The molecule has 4 nitrogen and oxygen atoms in total. The highest BCUT2D eigenvalue weighted by Gasteiger charge is 2.16. The fourth-order valence-corrected chi connectivity index (χ4v) is 2.02. The van der Waals surface area contributed by atoms with E-state index in [9.17, 15) is 4.79 Å². The van der Waals surface area contributed by atoms with Gasteiger partial charge in [0.05, 0.1) is 7.11 Å². The Morgan fingerprint density at radius 2 is 1.60 bits per heavy atom. The van der Waals surface area contributed by atoms with Crippen molar-refractivity contribution in [1.29, 1.82) is 0 Å². The number of carbonyl (C=O) groups is 1. The quantitative estimate of drug-likeness (QED) is 0.859. The van der Waals surface area contributed by atoms with E-state index in [-0.39, 0.29) is 5.91 Å². The monoisotopic (exact) mass is 273 g/mol. The summed E-state index contributed by atoms with van der Waals surface area (Å²) in [5.74, 6) is 1.45. The van der Waals surface area contributed by atoms with Gasteiger partial charge in [0.25, 0.3) is 5.91 Å². The van der Waals surface area contributed by atoms with E-state index in [1.54, 1.807) is 28.1 Å². The van der Waals surface area contributed by atoms with Crippen molar-refractivity contribution in [2.45, 2.75) is 13.0 Å². The number of benzene rings is 2. The van der Waals surface area contributed by atoms with Crippen LogP contribution in [0.15, 0.2) is 36.4 Å². The summed E-state index contributed by atoms with van der Waals surface area (Å²) in [7, 11) is 5.08. The van der Waals surface area contributed by atoms with Crippen LogP contribution in [0.1, 0.15) is 6.92 Å². The van der Waals surface area contributed by atoms with Crippen LogP contribution in [0, 0.1) is 0 Å². The zero-order valence-corrected chi connectivity index (χ0v) is 12.2. The lowest BCUT2D eigenvalue weighted by atomic mass is 10.1. The van der Waals surface area contributed by atoms with E-state index in [2.05, 4.69) is 0 Å². The third kappa shape index (κ3) is 3.02. The van der Waals surface area contributed by atoms with Crippen LogP contribution in [0.4, 0.5) is 0 Å². The molecule has 0 fully saturated rings. The SMILES string of the molecule is COc1ccc2cc(O[C@@H](C)C(=O)N(C)C)ccc2c1. The van der Waals surface area contributed by atoms with Gasteiger partial charge in [-0.05, 0) is 42.0 Å². The van der Waals surface area contributed by atoms with Gasteiger partial charge >= 0.3 is 0 Å². The second-order valence-corrected chi connectivity index (χ2v) is 4.87. The number of rotatable bonds is 4. The normalized spacial score (nSPS) is 12.0. The molecule has 0 bridgehead atoms. The average Bonchev–Trinajstić information content (AvgIpc) is 2.45. The molecular formula is C16H19NO3. The number of methoxy groups -OCH3 is 1. The van der Waals surface area contributed by atoms with Crippen molar-refractivity contribution in [2.75, 3.05) is 21.2 Å². The maximum absolute atomic E-state index is 11.8. The van der Waals surface area contributed by atoms with Crippen molar-refractivity contribution in [2.24, 2.45) is 0 Å². The highest BCUT2D eigenvalue weighted by atomic mass is 16.5. The van der Waals surface area contributed by atoms with Crippen LogP contribution < -0.4 is 9.47 Å².